The fourth-order valence-corrected chi connectivity index (χ4v) is 7.37. The van der Waals surface area contributed by atoms with E-state index < -0.39 is 5.75 Å². The van der Waals surface area contributed by atoms with Gasteiger partial charge in [0.15, 0.2) is 11.5 Å². The fourth-order valence-electron chi connectivity index (χ4n) is 7.37. The van der Waals surface area contributed by atoms with Crippen molar-refractivity contribution in [3.05, 3.63) is 76.9 Å². The number of rotatable bonds is 17. The van der Waals surface area contributed by atoms with Gasteiger partial charge in [-0.1, -0.05) is 145 Å². The van der Waals surface area contributed by atoms with Crippen molar-refractivity contribution in [1.82, 2.24) is 0 Å². The molecule has 0 radical (unpaired) electrons. The van der Waals surface area contributed by atoms with Gasteiger partial charge in [-0.2, -0.15) is 0 Å². The molecule has 3 heteroatoms. The van der Waals surface area contributed by atoms with Gasteiger partial charge in [-0.15, -0.1) is 0 Å². The highest BCUT2D eigenvalue weighted by atomic mass is 16.3. The SMILES string of the molecule is CCCCCCCCCc1cc2c(c(-c3c(O)c(O)c(O)c4ccccc34)c1CCCCCCCCC)Cc1ccccc1-2. The van der Waals surface area contributed by atoms with Gasteiger partial charge >= 0.3 is 0 Å². The second-order valence-electron chi connectivity index (χ2n) is 13.0. The first-order chi connectivity index (χ1) is 21.6. The molecule has 4 aromatic carbocycles. The van der Waals surface area contributed by atoms with Crippen LogP contribution in [-0.4, -0.2) is 15.3 Å². The Morgan fingerprint density at radius 2 is 1.09 bits per heavy atom. The lowest BCUT2D eigenvalue weighted by molar-refractivity contribution is 0.372. The second-order valence-corrected chi connectivity index (χ2v) is 13.0. The number of phenolic OH excluding ortho intramolecular Hbond substituents is 3. The Hall–Kier alpha value is -3.46. The molecule has 5 rings (SSSR count). The highest BCUT2D eigenvalue weighted by Gasteiger charge is 2.30. The molecule has 0 atom stereocenters. The lowest BCUT2D eigenvalue weighted by Crippen LogP contribution is -2.04. The second kappa shape index (κ2) is 15.5. The average Bonchev–Trinajstić information content (AvgIpc) is 3.41. The molecule has 234 valence electrons. The third-order valence-corrected chi connectivity index (χ3v) is 9.78. The molecule has 0 saturated heterocycles. The van der Waals surface area contributed by atoms with E-state index >= 15 is 0 Å². The Balaban J connectivity index is 1.60. The Kier molecular flexibility index (Phi) is 11.3. The van der Waals surface area contributed by atoms with Crippen molar-refractivity contribution in [1.29, 1.82) is 0 Å². The van der Waals surface area contributed by atoms with E-state index in [2.05, 4.69) is 44.2 Å². The molecular weight excluding hydrogens is 540 g/mol. The molecule has 0 spiro atoms. The van der Waals surface area contributed by atoms with Crippen LogP contribution in [0.1, 0.15) is 126 Å². The molecule has 0 fully saturated rings. The molecule has 4 aromatic rings. The summed E-state index contributed by atoms with van der Waals surface area (Å²) in [5, 5.41) is 34.8. The van der Waals surface area contributed by atoms with Gasteiger partial charge in [0, 0.05) is 10.9 Å². The Morgan fingerprint density at radius 1 is 0.523 bits per heavy atom. The van der Waals surface area contributed by atoms with E-state index in [1.165, 1.54) is 110 Å². The van der Waals surface area contributed by atoms with Gasteiger partial charge in [0.25, 0.3) is 0 Å². The van der Waals surface area contributed by atoms with Gasteiger partial charge in [-0.3, -0.25) is 0 Å². The molecule has 44 heavy (non-hydrogen) atoms. The van der Waals surface area contributed by atoms with Crippen molar-refractivity contribution in [3.8, 4) is 39.5 Å². The lowest BCUT2D eigenvalue weighted by Gasteiger charge is -2.23. The number of unbranched alkanes of at least 4 members (excludes halogenated alkanes) is 12. The normalized spacial score (nSPS) is 12.1. The zero-order valence-electron chi connectivity index (χ0n) is 27.1. The van der Waals surface area contributed by atoms with Crippen LogP contribution >= 0.6 is 0 Å². The summed E-state index contributed by atoms with van der Waals surface area (Å²) in [5.41, 5.74) is 9.52. The molecule has 0 bridgehead atoms. The topological polar surface area (TPSA) is 60.7 Å². The number of fused-ring (bicyclic) bond motifs is 4. The van der Waals surface area contributed by atoms with E-state index in [1.54, 1.807) is 0 Å². The number of aryl methyl sites for hydroxylation is 1. The summed E-state index contributed by atoms with van der Waals surface area (Å²) in [4.78, 5) is 0. The Bertz CT molecular complexity index is 1550. The van der Waals surface area contributed by atoms with E-state index in [4.69, 9.17) is 0 Å². The van der Waals surface area contributed by atoms with Gasteiger partial charge in [0.2, 0.25) is 5.75 Å². The highest BCUT2D eigenvalue weighted by Crippen LogP contribution is 2.54. The van der Waals surface area contributed by atoms with E-state index in [9.17, 15) is 15.3 Å². The van der Waals surface area contributed by atoms with E-state index in [-0.39, 0.29) is 11.5 Å². The Labute approximate surface area is 265 Å². The van der Waals surface area contributed by atoms with Crippen molar-refractivity contribution in [2.45, 2.75) is 123 Å². The summed E-state index contributed by atoms with van der Waals surface area (Å²) in [6.07, 6.45) is 20.4. The van der Waals surface area contributed by atoms with Crippen molar-refractivity contribution in [3.63, 3.8) is 0 Å². The molecule has 1 aliphatic rings. The number of aromatic hydroxyl groups is 3. The smallest absolute Gasteiger partial charge is 0.201 e. The first-order valence-corrected chi connectivity index (χ1v) is 17.5. The van der Waals surface area contributed by atoms with Crippen LogP contribution in [0, 0.1) is 0 Å². The minimum absolute atomic E-state index is 0.215. The third kappa shape index (κ3) is 6.93. The van der Waals surface area contributed by atoms with Crippen LogP contribution in [0.5, 0.6) is 17.2 Å². The molecule has 0 amide bonds. The minimum Gasteiger partial charge on any atom is -0.504 e. The highest BCUT2D eigenvalue weighted by molar-refractivity contribution is 6.07. The van der Waals surface area contributed by atoms with Crippen LogP contribution in [0.25, 0.3) is 33.0 Å². The van der Waals surface area contributed by atoms with Crippen molar-refractivity contribution in [2.75, 3.05) is 0 Å². The van der Waals surface area contributed by atoms with Gasteiger partial charge in [0.05, 0.1) is 0 Å². The van der Waals surface area contributed by atoms with Crippen molar-refractivity contribution in [2.24, 2.45) is 0 Å². The number of hydrogen-bond donors (Lipinski definition) is 3. The van der Waals surface area contributed by atoms with Crippen LogP contribution < -0.4 is 0 Å². The standard InChI is InChI=1S/C41H52O3/c1-3-5-7-9-11-13-15-21-30-27-35-31-23-18-17-22-29(31)28-36(35)37(32(30)24-16-14-12-10-8-6-4-2)38-33-25-19-20-26-34(33)39(42)41(44)40(38)43/h17-20,22-23,25-27,42-44H,3-16,21,24,28H2,1-2H3. The van der Waals surface area contributed by atoms with E-state index in [0.717, 1.165) is 43.1 Å². The molecule has 1 aliphatic carbocycles. The zero-order valence-corrected chi connectivity index (χ0v) is 27.1. The summed E-state index contributed by atoms with van der Waals surface area (Å²) in [5.74, 6) is -0.898. The van der Waals surface area contributed by atoms with Gasteiger partial charge in [0.1, 0.15) is 0 Å². The maximum Gasteiger partial charge on any atom is 0.201 e. The molecule has 0 aromatic heterocycles. The molecule has 0 heterocycles. The summed E-state index contributed by atoms with van der Waals surface area (Å²) < 4.78 is 0. The molecule has 3 N–H and O–H groups in total. The van der Waals surface area contributed by atoms with Crippen molar-refractivity contribution < 1.29 is 15.3 Å². The van der Waals surface area contributed by atoms with E-state index in [0.29, 0.717) is 10.9 Å². The van der Waals surface area contributed by atoms with Gasteiger partial charge < -0.3 is 15.3 Å². The quantitative estimate of drug-likeness (QED) is 0.0743. The number of phenols is 3. The number of hydrogen-bond acceptors (Lipinski definition) is 3. The summed E-state index contributed by atoms with van der Waals surface area (Å²) >= 11 is 0. The third-order valence-electron chi connectivity index (χ3n) is 9.78. The zero-order chi connectivity index (χ0) is 30.9. The van der Waals surface area contributed by atoms with E-state index in [1.807, 2.05) is 24.3 Å². The summed E-state index contributed by atoms with van der Waals surface area (Å²) in [6.45, 7) is 4.53. The van der Waals surface area contributed by atoms with Crippen LogP contribution in [0.4, 0.5) is 0 Å². The predicted octanol–water partition coefficient (Wildman–Crippen LogP) is 11.8. The first-order valence-electron chi connectivity index (χ1n) is 17.5. The predicted molar refractivity (Wildman–Crippen MR) is 186 cm³/mol. The lowest BCUT2D eigenvalue weighted by atomic mass is 9.82. The first kappa shape index (κ1) is 31.9. The Morgan fingerprint density at radius 3 is 1.77 bits per heavy atom. The van der Waals surface area contributed by atoms with Crippen LogP contribution in [0.2, 0.25) is 0 Å². The molecule has 0 saturated carbocycles. The largest absolute Gasteiger partial charge is 0.504 e. The fraction of sp³-hybridized carbons (Fsp3) is 0.463. The maximum atomic E-state index is 11.6. The van der Waals surface area contributed by atoms with Crippen molar-refractivity contribution >= 4 is 10.8 Å². The maximum absolute atomic E-state index is 11.6. The van der Waals surface area contributed by atoms with Gasteiger partial charge in [-0.25, -0.2) is 0 Å². The average molecular weight is 593 g/mol. The molecule has 0 unspecified atom stereocenters. The van der Waals surface area contributed by atoms with Crippen LogP contribution in [0.3, 0.4) is 0 Å². The molecular formula is C41H52O3. The summed E-state index contributed by atoms with van der Waals surface area (Å²) in [7, 11) is 0. The van der Waals surface area contributed by atoms with Crippen LogP contribution in [-0.2, 0) is 19.3 Å². The number of benzene rings is 4. The van der Waals surface area contributed by atoms with Crippen LogP contribution in [0.15, 0.2) is 54.6 Å². The monoisotopic (exact) mass is 592 g/mol. The van der Waals surface area contributed by atoms with Gasteiger partial charge in [-0.05, 0) is 76.4 Å². The summed E-state index contributed by atoms with van der Waals surface area (Å²) in [6, 6.07) is 18.8. The molecule has 0 aliphatic heterocycles. The minimum atomic E-state index is -0.428. The molecule has 3 nitrogen and oxygen atoms in total.